The lowest BCUT2D eigenvalue weighted by Gasteiger charge is -2.14. The van der Waals surface area contributed by atoms with Crippen LogP contribution in [0.25, 0.3) is 5.69 Å². The van der Waals surface area contributed by atoms with Gasteiger partial charge >= 0.3 is 0 Å². The molecule has 0 amide bonds. The van der Waals surface area contributed by atoms with Crippen molar-refractivity contribution in [1.29, 1.82) is 0 Å². The topological polar surface area (TPSA) is 107 Å². The molecule has 8 nitrogen and oxygen atoms in total. The Balaban J connectivity index is 2.05. The zero-order valence-corrected chi connectivity index (χ0v) is 15.9. The highest BCUT2D eigenvalue weighted by Crippen LogP contribution is 2.28. The molecule has 0 fully saturated rings. The Morgan fingerprint density at radius 2 is 1.92 bits per heavy atom. The van der Waals surface area contributed by atoms with E-state index in [9.17, 15) is 18.5 Å². The van der Waals surface area contributed by atoms with Crippen molar-refractivity contribution in [2.24, 2.45) is 0 Å². The van der Waals surface area contributed by atoms with E-state index >= 15 is 0 Å². The highest BCUT2D eigenvalue weighted by molar-refractivity contribution is 9.10. The molecule has 1 heterocycles. The number of nitro groups is 1. The number of halogens is 1. The molecule has 0 atom stereocenters. The highest BCUT2D eigenvalue weighted by Gasteiger charge is 2.24. The fourth-order valence-electron chi connectivity index (χ4n) is 2.48. The van der Waals surface area contributed by atoms with Gasteiger partial charge in [-0.05, 0) is 41.1 Å². The summed E-state index contributed by atoms with van der Waals surface area (Å²) in [6, 6.07) is 10.7. The summed E-state index contributed by atoms with van der Waals surface area (Å²) in [5, 5.41) is 15.2. The van der Waals surface area contributed by atoms with Crippen molar-refractivity contribution in [3.05, 3.63) is 75.0 Å². The van der Waals surface area contributed by atoms with Crippen molar-refractivity contribution in [2.75, 3.05) is 4.72 Å². The van der Waals surface area contributed by atoms with Gasteiger partial charge in [0.25, 0.3) is 15.7 Å². The number of sulfonamides is 1. The number of para-hydroxylation sites is 2. The van der Waals surface area contributed by atoms with E-state index in [1.54, 1.807) is 36.7 Å². The van der Waals surface area contributed by atoms with Gasteiger partial charge in [0.1, 0.15) is 0 Å². The lowest BCUT2D eigenvalue weighted by atomic mass is 10.2. The molecular formula is C16H13BrN4O4S. The SMILES string of the molecule is Cc1c([N+](=O)[O-])cccc1S(=O)(=O)Nc1ccccc1-n1cc(Br)cn1. The zero-order valence-electron chi connectivity index (χ0n) is 13.5. The number of nitro benzene ring substituents is 1. The van der Waals surface area contributed by atoms with Gasteiger partial charge in [0.05, 0.1) is 31.9 Å². The van der Waals surface area contributed by atoms with Crippen molar-refractivity contribution in [3.8, 4) is 5.69 Å². The van der Waals surface area contributed by atoms with Gasteiger partial charge in [-0.15, -0.1) is 0 Å². The molecule has 0 spiro atoms. The van der Waals surface area contributed by atoms with Gasteiger partial charge in [-0.25, -0.2) is 13.1 Å². The number of aromatic nitrogens is 2. The third kappa shape index (κ3) is 3.46. The lowest BCUT2D eigenvalue weighted by molar-refractivity contribution is -0.385. The first-order valence-corrected chi connectivity index (χ1v) is 9.63. The van der Waals surface area contributed by atoms with Crippen LogP contribution in [0.5, 0.6) is 0 Å². The first-order chi connectivity index (χ1) is 12.3. The summed E-state index contributed by atoms with van der Waals surface area (Å²) in [6.07, 6.45) is 3.27. The van der Waals surface area contributed by atoms with Crippen molar-refractivity contribution in [2.45, 2.75) is 11.8 Å². The molecule has 0 aliphatic carbocycles. The number of hydrogen-bond acceptors (Lipinski definition) is 5. The molecule has 0 aliphatic heterocycles. The average molecular weight is 437 g/mol. The molecule has 0 saturated carbocycles. The molecule has 10 heteroatoms. The van der Waals surface area contributed by atoms with Crippen molar-refractivity contribution >= 4 is 37.3 Å². The molecule has 0 bridgehead atoms. The summed E-state index contributed by atoms with van der Waals surface area (Å²) in [5.41, 5.74) is 0.639. The van der Waals surface area contributed by atoms with Crippen LogP contribution in [0.15, 0.2) is 64.2 Å². The maximum absolute atomic E-state index is 12.8. The second-order valence-corrected chi connectivity index (χ2v) is 7.95. The fourth-order valence-corrected chi connectivity index (χ4v) is 4.11. The van der Waals surface area contributed by atoms with Crippen LogP contribution in [0.2, 0.25) is 0 Å². The molecule has 3 rings (SSSR count). The van der Waals surface area contributed by atoms with Crippen LogP contribution in [0.3, 0.4) is 0 Å². The van der Waals surface area contributed by atoms with Crippen LogP contribution < -0.4 is 4.72 Å². The van der Waals surface area contributed by atoms with Gasteiger partial charge < -0.3 is 0 Å². The molecule has 26 heavy (non-hydrogen) atoms. The quantitative estimate of drug-likeness (QED) is 0.484. The standard InChI is InChI=1S/C16H13BrN4O4S/c1-11-14(21(22)23)7-4-8-16(11)26(24,25)19-13-5-2-3-6-15(13)20-10-12(17)9-18-20/h2-10,19H,1H3. The fraction of sp³-hybridized carbons (Fsp3) is 0.0625. The minimum atomic E-state index is -4.03. The van der Waals surface area contributed by atoms with Gasteiger partial charge in [-0.1, -0.05) is 18.2 Å². The van der Waals surface area contributed by atoms with Crippen molar-refractivity contribution in [3.63, 3.8) is 0 Å². The number of benzene rings is 2. The number of nitrogens with zero attached hydrogens (tertiary/aromatic N) is 3. The summed E-state index contributed by atoms with van der Waals surface area (Å²) in [6.45, 7) is 1.41. The molecule has 1 aromatic heterocycles. The molecular weight excluding hydrogens is 424 g/mol. The minimum absolute atomic E-state index is 0.0734. The van der Waals surface area contributed by atoms with Gasteiger partial charge in [0.15, 0.2) is 0 Å². The van der Waals surface area contributed by atoms with Crippen LogP contribution >= 0.6 is 15.9 Å². The predicted molar refractivity (Wildman–Crippen MR) is 99.9 cm³/mol. The van der Waals surface area contributed by atoms with E-state index in [0.29, 0.717) is 11.4 Å². The van der Waals surface area contributed by atoms with Gasteiger partial charge in [0.2, 0.25) is 0 Å². The average Bonchev–Trinajstić information content (AvgIpc) is 3.01. The van der Waals surface area contributed by atoms with Crippen LogP contribution in [-0.2, 0) is 10.0 Å². The molecule has 0 saturated heterocycles. The summed E-state index contributed by atoms with van der Waals surface area (Å²) in [5.74, 6) is 0. The molecule has 0 radical (unpaired) electrons. The van der Waals surface area contributed by atoms with Crippen molar-refractivity contribution < 1.29 is 13.3 Å². The zero-order chi connectivity index (χ0) is 18.9. The summed E-state index contributed by atoms with van der Waals surface area (Å²) in [4.78, 5) is 10.3. The van der Waals surface area contributed by atoms with Crippen LogP contribution in [0, 0.1) is 17.0 Å². The Hall–Kier alpha value is -2.72. The number of rotatable bonds is 5. The second-order valence-electron chi connectivity index (χ2n) is 5.38. The van der Waals surface area contributed by atoms with Crippen LogP contribution in [-0.4, -0.2) is 23.1 Å². The van der Waals surface area contributed by atoms with Crippen LogP contribution in [0.4, 0.5) is 11.4 Å². The Morgan fingerprint density at radius 3 is 2.58 bits per heavy atom. The van der Waals surface area contributed by atoms with E-state index in [1.165, 1.54) is 29.8 Å². The molecule has 134 valence electrons. The van der Waals surface area contributed by atoms with E-state index in [1.807, 2.05) is 0 Å². The summed E-state index contributed by atoms with van der Waals surface area (Å²) >= 11 is 3.30. The second kappa shape index (κ2) is 6.89. The van der Waals surface area contributed by atoms with E-state index in [-0.39, 0.29) is 16.1 Å². The third-order valence-electron chi connectivity index (χ3n) is 3.69. The van der Waals surface area contributed by atoms with E-state index < -0.39 is 14.9 Å². The smallest absolute Gasteiger partial charge is 0.273 e. The molecule has 1 N–H and O–H groups in total. The van der Waals surface area contributed by atoms with Crippen LogP contribution in [0.1, 0.15) is 5.56 Å². The van der Waals surface area contributed by atoms with Gasteiger partial charge in [-0.2, -0.15) is 5.10 Å². The van der Waals surface area contributed by atoms with E-state index in [4.69, 9.17) is 0 Å². The Labute approximate surface area is 157 Å². The maximum atomic E-state index is 12.8. The van der Waals surface area contributed by atoms with Gasteiger partial charge in [-0.3, -0.25) is 14.8 Å². The van der Waals surface area contributed by atoms with Crippen molar-refractivity contribution in [1.82, 2.24) is 9.78 Å². The summed E-state index contributed by atoms with van der Waals surface area (Å²) in [7, 11) is -4.03. The minimum Gasteiger partial charge on any atom is -0.277 e. The Kier molecular flexibility index (Phi) is 4.79. The monoisotopic (exact) mass is 436 g/mol. The molecule has 0 aliphatic rings. The number of hydrogen-bond donors (Lipinski definition) is 1. The molecule has 2 aromatic carbocycles. The third-order valence-corrected chi connectivity index (χ3v) is 5.61. The molecule has 0 unspecified atom stereocenters. The lowest BCUT2D eigenvalue weighted by Crippen LogP contribution is -2.16. The maximum Gasteiger partial charge on any atom is 0.273 e. The normalized spacial score (nSPS) is 11.3. The highest BCUT2D eigenvalue weighted by atomic mass is 79.9. The summed E-state index contributed by atoms with van der Waals surface area (Å²) < 4.78 is 30.4. The molecule has 3 aromatic rings. The number of nitrogens with one attached hydrogen (secondary N) is 1. The van der Waals surface area contributed by atoms with E-state index in [0.717, 1.165) is 4.47 Å². The Morgan fingerprint density at radius 1 is 1.19 bits per heavy atom. The largest absolute Gasteiger partial charge is 0.277 e. The Bertz CT molecular complexity index is 1100. The first kappa shape index (κ1) is 18.1. The van der Waals surface area contributed by atoms with E-state index in [2.05, 4.69) is 25.8 Å². The van der Waals surface area contributed by atoms with Gasteiger partial charge in [0, 0.05) is 17.8 Å². The predicted octanol–water partition coefficient (Wildman–Crippen LogP) is 3.65. The first-order valence-electron chi connectivity index (χ1n) is 7.36. The number of anilines is 1.